The molecule has 8 heteroatoms. The number of thioether (sulfide) groups is 1. The van der Waals surface area contributed by atoms with Gasteiger partial charge in [-0.3, -0.25) is 0 Å². The Morgan fingerprint density at radius 3 is 2.44 bits per heavy atom. The fraction of sp³-hybridized carbons (Fsp3) is 0.105. The number of rotatable bonds is 3. The van der Waals surface area contributed by atoms with E-state index in [1.54, 1.807) is 24.3 Å². The van der Waals surface area contributed by atoms with Gasteiger partial charge in [0, 0.05) is 16.1 Å². The molecule has 0 fully saturated rings. The van der Waals surface area contributed by atoms with Gasteiger partial charge in [-0.2, -0.15) is 10.4 Å². The molecule has 0 radical (unpaired) electrons. The van der Waals surface area contributed by atoms with Crippen LogP contribution < -0.4 is 10.5 Å². The zero-order valence-electron chi connectivity index (χ0n) is 14.3. The third kappa shape index (κ3) is 3.14. The third-order valence-electron chi connectivity index (χ3n) is 4.16. The van der Waals surface area contributed by atoms with Crippen molar-refractivity contribution in [1.29, 1.82) is 5.26 Å². The number of nitriles is 1. The molecule has 1 unspecified atom stereocenters. The molecule has 2 aliphatic rings. The molecule has 4 rings (SSSR count). The maximum atomic E-state index is 9.62. The monoisotopic (exact) mass is 395 g/mol. The summed E-state index contributed by atoms with van der Waals surface area (Å²) in [5.41, 5.74) is 8.38. The third-order valence-corrected chi connectivity index (χ3v) is 5.47. The van der Waals surface area contributed by atoms with Crippen molar-refractivity contribution in [3.8, 4) is 11.8 Å². The second kappa shape index (κ2) is 6.99. The molecule has 0 saturated carbocycles. The van der Waals surface area contributed by atoms with E-state index < -0.39 is 0 Å². The van der Waals surface area contributed by atoms with Crippen LogP contribution in [0.2, 0.25) is 5.02 Å². The van der Waals surface area contributed by atoms with Gasteiger partial charge in [-0.05, 0) is 36.4 Å². The smallest absolute Gasteiger partial charge is 0.197 e. The van der Waals surface area contributed by atoms with Crippen molar-refractivity contribution in [2.24, 2.45) is 15.8 Å². The van der Waals surface area contributed by atoms with Gasteiger partial charge in [0.05, 0.1) is 12.8 Å². The van der Waals surface area contributed by atoms with E-state index in [0.29, 0.717) is 16.3 Å². The zero-order valence-corrected chi connectivity index (χ0v) is 15.8. The Bertz CT molecular complexity index is 1020. The first-order valence-electron chi connectivity index (χ1n) is 8.03. The lowest BCUT2D eigenvalue weighted by Gasteiger charge is -2.27. The van der Waals surface area contributed by atoms with Gasteiger partial charge in [0.1, 0.15) is 28.3 Å². The molecule has 0 bridgehead atoms. The molecule has 27 heavy (non-hydrogen) atoms. The summed E-state index contributed by atoms with van der Waals surface area (Å²) in [7, 11) is 1.63. The number of hydrogen-bond acceptors (Lipinski definition) is 7. The van der Waals surface area contributed by atoms with E-state index in [1.807, 2.05) is 36.4 Å². The number of halogens is 1. The summed E-state index contributed by atoms with van der Waals surface area (Å²) in [6, 6.07) is 17.0. The summed E-state index contributed by atoms with van der Waals surface area (Å²) < 4.78 is 5.20. The number of hydrogen-bond donors (Lipinski definition) is 1. The fourth-order valence-electron chi connectivity index (χ4n) is 2.84. The molecule has 0 saturated heterocycles. The lowest BCUT2D eigenvalue weighted by molar-refractivity contribution is 0.410. The van der Waals surface area contributed by atoms with Gasteiger partial charge in [0.2, 0.25) is 0 Å². The highest BCUT2D eigenvalue weighted by atomic mass is 35.5. The van der Waals surface area contributed by atoms with Gasteiger partial charge >= 0.3 is 0 Å². The predicted molar refractivity (Wildman–Crippen MR) is 108 cm³/mol. The minimum atomic E-state index is -0.357. The van der Waals surface area contributed by atoms with Gasteiger partial charge in [0.25, 0.3) is 0 Å². The number of hydrazone groups is 1. The molecule has 0 amide bonds. The van der Waals surface area contributed by atoms with Crippen LogP contribution >= 0.6 is 23.4 Å². The average molecular weight is 396 g/mol. The van der Waals surface area contributed by atoms with E-state index in [-0.39, 0.29) is 11.3 Å². The van der Waals surface area contributed by atoms with E-state index in [4.69, 9.17) is 27.2 Å². The topological polar surface area (TPSA) is 87.0 Å². The van der Waals surface area contributed by atoms with Crippen molar-refractivity contribution >= 4 is 39.9 Å². The normalized spacial score (nSPS) is 18.6. The Labute approximate surface area is 165 Å². The average Bonchev–Trinajstić information content (AvgIpc) is 3.11. The van der Waals surface area contributed by atoms with E-state index >= 15 is 0 Å². The van der Waals surface area contributed by atoms with E-state index in [1.165, 1.54) is 11.8 Å². The Hall–Kier alpha value is -2.95. The Kier molecular flexibility index (Phi) is 4.52. The van der Waals surface area contributed by atoms with E-state index in [0.717, 1.165) is 21.9 Å². The molecule has 2 aromatic rings. The van der Waals surface area contributed by atoms with Crippen molar-refractivity contribution in [1.82, 2.24) is 5.01 Å². The summed E-state index contributed by atoms with van der Waals surface area (Å²) in [5, 5.41) is 17.5. The maximum Gasteiger partial charge on any atom is 0.197 e. The molecule has 1 atom stereocenters. The number of methoxy groups -OCH3 is 1. The van der Waals surface area contributed by atoms with Crippen molar-refractivity contribution in [2.45, 2.75) is 5.50 Å². The fourth-order valence-corrected chi connectivity index (χ4v) is 3.99. The molecular weight excluding hydrogens is 382 g/mol. The van der Waals surface area contributed by atoms with Crippen LogP contribution in [0.1, 0.15) is 11.1 Å². The number of nitrogens with two attached hydrogens (primary N) is 1. The molecule has 2 N–H and O–H groups in total. The Morgan fingerprint density at radius 1 is 1.15 bits per heavy atom. The highest BCUT2D eigenvalue weighted by molar-refractivity contribution is 8.15. The quantitative estimate of drug-likeness (QED) is 0.857. The molecule has 0 aromatic heterocycles. The van der Waals surface area contributed by atoms with Crippen LogP contribution in [0.15, 0.2) is 64.2 Å². The molecule has 134 valence electrons. The highest BCUT2D eigenvalue weighted by Gasteiger charge is 2.37. The zero-order chi connectivity index (χ0) is 19.0. The molecule has 6 nitrogen and oxygen atoms in total. The lowest BCUT2D eigenvalue weighted by atomic mass is 10.0. The molecule has 2 aromatic carbocycles. The van der Waals surface area contributed by atoms with Gasteiger partial charge < -0.3 is 10.5 Å². The van der Waals surface area contributed by atoms with Crippen LogP contribution in [-0.2, 0) is 0 Å². The maximum absolute atomic E-state index is 9.62. The minimum absolute atomic E-state index is 0.211. The number of fused-ring (bicyclic) bond motifs is 1. The summed E-state index contributed by atoms with van der Waals surface area (Å²) in [6.45, 7) is 0. The second-order valence-electron chi connectivity index (χ2n) is 5.78. The molecule has 0 spiro atoms. The molecule has 0 aliphatic carbocycles. The first-order chi connectivity index (χ1) is 13.1. The number of amidine groups is 1. The standard InChI is InChI=1S/C19H14ClN5OS/c1-26-14-8-4-12(5-9-14)18-24-25-16(11-2-6-13(20)7-3-11)15(10-21)17(22)23-19(25)27-18/h2-9,19H,1H3,(H2,22,23). The van der Waals surface area contributed by atoms with Crippen molar-refractivity contribution in [3.63, 3.8) is 0 Å². The van der Waals surface area contributed by atoms with Gasteiger partial charge in [-0.1, -0.05) is 35.5 Å². The highest BCUT2D eigenvalue weighted by Crippen LogP contribution is 2.40. The number of nitrogens with zero attached hydrogens (tertiary/aromatic N) is 4. The van der Waals surface area contributed by atoms with E-state index in [9.17, 15) is 5.26 Å². The summed E-state index contributed by atoms with van der Waals surface area (Å²) in [5.74, 6) is 0.984. The van der Waals surface area contributed by atoms with Crippen LogP contribution in [0.3, 0.4) is 0 Å². The van der Waals surface area contributed by atoms with Crippen LogP contribution in [-0.4, -0.2) is 28.5 Å². The van der Waals surface area contributed by atoms with Crippen molar-refractivity contribution in [3.05, 3.63) is 70.3 Å². The predicted octanol–water partition coefficient (Wildman–Crippen LogP) is 3.65. The van der Waals surface area contributed by atoms with Crippen molar-refractivity contribution in [2.75, 3.05) is 7.11 Å². The number of ether oxygens (including phenoxy) is 1. The van der Waals surface area contributed by atoms with Crippen LogP contribution in [0.25, 0.3) is 5.70 Å². The Morgan fingerprint density at radius 2 is 1.81 bits per heavy atom. The van der Waals surface area contributed by atoms with Gasteiger partial charge in [0.15, 0.2) is 5.50 Å². The SMILES string of the molecule is COc1ccc(C2=NN3C(c4ccc(Cl)cc4)=C(C#N)C(N)=NC3S2)cc1. The van der Waals surface area contributed by atoms with E-state index in [2.05, 4.69) is 11.1 Å². The van der Waals surface area contributed by atoms with Crippen LogP contribution in [0, 0.1) is 11.3 Å². The minimum Gasteiger partial charge on any atom is -0.497 e. The Balaban J connectivity index is 1.78. The second-order valence-corrected chi connectivity index (χ2v) is 7.26. The molecule has 2 aliphatic heterocycles. The van der Waals surface area contributed by atoms with Crippen LogP contribution in [0.4, 0.5) is 0 Å². The summed E-state index contributed by atoms with van der Waals surface area (Å²) in [6.07, 6.45) is 0. The lowest BCUT2D eigenvalue weighted by Crippen LogP contribution is -2.33. The summed E-state index contributed by atoms with van der Waals surface area (Å²) in [4.78, 5) is 4.44. The first kappa shape index (κ1) is 17.5. The number of benzene rings is 2. The van der Waals surface area contributed by atoms with Gasteiger partial charge in [-0.15, -0.1) is 0 Å². The number of aliphatic imine (C=N–C) groups is 1. The summed E-state index contributed by atoms with van der Waals surface area (Å²) >= 11 is 7.48. The van der Waals surface area contributed by atoms with Crippen LogP contribution in [0.5, 0.6) is 5.75 Å². The van der Waals surface area contributed by atoms with Crippen molar-refractivity contribution < 1.29 is 4.74 Å². The largest absolute Gasteiger partial charge is 0.497 e. The molecule has 2 heterocycles. The van der Waals surface area contributed by atoms with Gasteiger partial charge in [-0.25, -0.2) is 10.0 Å². The molecular formula is C19H14ClN5OS. The first-order valence-corrected chi connectivity index (χ1v) is 9.29.